The van der Waals surface area contributed by atoms with Gasteiger partial charge < -0.3 is 14.6 Å². The molecule has 0 radical (unpaired) electrons. The fraction of sp³-hybridized carbons (Fsp3) is 0.438. The van der Waals surface area contributed by atoms with Crippen molar-refractivity contribution < 1.29 is 4.74 Å². The number of rotatable bonds is 7. The van der Waals surface area contributed by atoms with Gasteiger partial charge in [-0.3, -0.25) is 0 Å². The van der Waals surface area contributed by atoms with Gasteiger partial charge in [0.05, 0.1) is 7.11 Å². The van der Waals surface area contributed by atoms with Gasteiger partial charge in [0.25, 0.3) is 0 Å². The first-order valence-electron chi connectivity index (χ1n) is 7.08. The summed E-state index contributed by atoms with van der Waals surface area (Å²) in [5.74, 6) is 2.05. The minimum Gasteiger partial charge on any atom is -0.496 e. The number of nitrogens with one attached hydrogen (secondary N) is 1. The molecule has 0 amide bonds. The van der Waals surface area contributed by atoms with Crippen molar-refractivity contribution in [2.45, 2.75) is 25.8 Å². The van der Waals surface area contributed by atoms with E-state index in [-0.39, 0.29) is 0 Å². The molecule has 1 N–H and O–H groups in total. The van der Waals surface area contributed by atoms with Crippen LogP contribution < -0.4 is 10.1 Å². The largest absolute Gasteiger partial charge is 0.496 e. The molecule has 1 unspecified atom stereocenters. The van der Waals surface area contributed by atoms with Gasteiger partial charge in [-0.15, -0.1) is 0 Å². The third-order valence-corrected chi connectivity index (χ3v) is 3.58. The standard InChI is InChI=1S/C16H23N3O/c1-4-14(13-7-5-6-8-15(13)20-3)17-10-9-16-18-11-12-19(16)2/h5-8,11-12,14,17H,4,9-10H2,1-3H3. The second kappa shape index (κ2) is 7.10. The number of aromatic nitrogens is 2. The molecule has 20 heavy (non-hydrogen) atoms. The molecular formula is C16H23N3O. The van der Waals surface area contributed by atoms with Gasteiger partial charge in [0.1, 0.15) is 11.6 Å². The summed E-state index contributed by atoms with van der Waals surface area (Å²) in [6, 6.07) is 8.51. The topological polar surface area (TPSA) is 39.1 Å². The Hall–Kier alpha value is -1.81. The van der Waals surface area contributed by atoms with Crippen molar-refractivity contribution in [2.24, 2.45) is 7.05 Å². The maximum Gasteiger partial charge on any atom is 0.123 e. The molecule has 0 aliphatic carbocycles. The molecule has 0 spiro atoms. The highest BCUT2D eigenvalue weighted by atomic mass is 16.5. The first-order valence-corrected chi connectivity index (χ1v) is 7.08. The highest BCUT2D eigenvalue weighted by molar-refractivity contribution is 5.35. The van der Waals surface area contributed by atoms with Crippen LogP contribution in [-0.4, -0.2) is 23.2 Å². The molecule has 1 atom stereocenters. The van der Waals surface area contributed by atoms with Gasteiger partial charge in [0.2, 0.25) is 0 Å². The van der Waals surface area contributed by atoms with Crippen molar-refractivity contribution in [1.82, 2.24) is 14.9 Å². The van der Waals surface area contributed by atoms with Gasteiger partial charge in [-0.05, 0) is 12.5 Å². The molecule has 0 saturated carbocycles. The van der Waals surface area contributed by atoms with E-state index in [0.29, 0.717) is 6.04 Å². The zero-order valence-corrected chi connectivity index (χ0v) is 12.5. The molecule has 1 heterocycles. The summed E-state index contributed by atoms with van der Waals surface area (Å²) < 4.78 is 7.50. The molecule has 0 saturated heterocycles. The van der Waals surface area contributed by atoms with E-state index in [2.05, 4.69) is 33.9 Å². The van der Waals surface area contributed by atoms with Gasteiger partial charge in [-0.1, -0.05) is 25.1 Å². The number of hydrogen-bond acceptors (Lipinski definition) is 3. The predicted molar refractivity (Wildman–Crippen MR) is 80.9 cm³/mol. The Labute approximate surface area is 120 Å². The van der Waals surface area contributed by atoms with E-state index in [4.69, 9.17) is 4.74 Å². The lowest BCUT2D eigenvalue weighted by atomic mass is 10.0. The van der Waals surface area contributed by atoms with Crippen molar-refractivity contribution >= 4 is 0 Å². The van der Waals surface area contributed by atoms with Crippen molar-refractivity contribution in [3.05, 3.63) is 48.0 Å². The number of nitrogens with zero attached hydrogens (tertiary/aromatic N) is 2. The molecule has 0 aliphatic heterocycles. The number of hydrogen-bond donors (Lipinski definition) is 1. The third-order valence-electron chi connectivity index (χ3n) is 3.58. The fourth-order valence-corrected chi connectivity index (χ4v) is 2.42. The number of benzene rings is 1. The van der Waals surface area contributed by atoms with E-state index >= 15 is 0 Å². The fourth-order valence-electron chi connectivity index (χ4n) is 2.42. The first kappa shape index (κ1) is 14.6. The van der Waals surface area contributed by atoms with E-state index in [1.807, 2.05) is 31.6 Å². The Morgan fingerprint density at radius 2 is 2.15 bits per heavy atom. The molecule has 0 fully saturated rings. The van der Waals surface area contributed by atoms with Crippen LogP contribution >= 0.6 is 0 Å². The Kier molecular flexibility index (Phi) is 5.18. The zero-order valence-electron chi connectivity index (χ0n) is 12.5. The molecule has 2 aromatic rings. The lowest BCUT2D eigenvalue weighted by Gasteiger charge is -2.19. The van der Waals surface area contributed by atoms with E-state index in [0.717, 1.165) is 31.0 Å². The average Bonchev–Trinajstić information content (AvgIpc) is 2.89. The normalized spacial score (nSPS) is 12.3. The van der Waals surface area contributed by atoms with Crippen LogP contribution in [0, 0.1) is 0 Å². The van der Waals surface area contributed by atoms with Crippen LogP contribution in [0.3, 0.4) is 0 Å². The van der Waals surface area contributed by atoms with Crippen LogP contribution in [0.2, 0.25) is 0 Å². The van der Waals surface area contributed by atoms with E-state index in [1.54, 1.807) is 7.11 Å². The number of para-hydroxylation sites is 1. The number of ether oxygens (including phenoxy) is 1. The number of imidazole rings is 1. The molecule has 108 valence electrons. The van der Waals surface area contributed by atoms with Crippen LogP contribution in [0.4, 0.5) is 0 Å². The summed E-state index contributed by atoms with van der Waals surface area (Å²) in [4.78, 5) is 4.34. The summed E-state index contributed by atoms with van der Waals surface area (Å²) in [5.41, 5.74) is 1.22. The Bertz CT molecular complexity index is 536. The Morgan fingerprint density at radius 3 is 2.80 bits per heavy atom. The molecule has 2 rings (SSSR count). The van der Waals surface area contributed by atoms with Crippen molar-refractivity contribution in [2.75, 3.05) is 13.7 Å². The van der Waals surface area contributed by atoms with Crippen molar-refractivity contribution in [3.63, 3.8) is 0 Å². The maximum absolute atomic E-state index is 5.44. The predicted octanol–water partition coefficient (Wildman–Crippen LogP) is 2.71. The van der Waals surface area contributed by atoms with Gasteiger partial charge in [0.15, 0.2) is 0 Å². The molecule has 0 bridgehead atoms. The van der Waals surface area contributed by atoms with Crippen LogP contribution in [-0.2, 0) is 13.5 Å². The molecule has 4 nitrogen and oxygen atoms in total. The van der Waals surface area contributed by atoms with Gasteiger partial charge in [-0.2, -0.15) is 0 Å². The van der Waals surface area contributed by atoms with Crippen LogP contribution in [0.1, 0.15) is 30.8 Å². The monoisotopic (exact) mass is 273 g/mol. The second-order valence-corrected chi connectivity index (χ2v) is 4.86. The van der Waals surface area contributed by atoms with E-state index < -0.39 is 0 Å². The van der Waals surface area contributed by atoms with Crippen molar-refractivity contribution in [1.29, 1.82) is 0 Å². The summed E-state index contributed by atoms with van der Waals surface area (Å²) >= 11 is 0. The van der Waals surface area contributed by atoms with Crippen LogP contribution in [0.5, 0.6) is 5.75 Å². The SMILES string of the molecule is CCC(NCCc1nccn1C)c1ccccc1OC. The van der Waals surface area contributed by atoms with E-state index in [9.17, 15) is 0 Å². The number of aryl methyl sites for hydroxylation is 1. The maximum atomic E-state index is 5.44. The lowest BCUT2D eigenvalue weighted by molar-refractivity contribution is 0.397. The molecular weight excluding hydrogens is 250 g/mol. The van der Waals surface area contributed by atoms with Gasteiger partial charge >= 0.3 is 0 Å². The summed E-state index contributed by atoms with van der Waals surface area (Å²) in [5, 5.41) is 3.59. The Morgan fingerprint density at radius 1 is 1.35 bits per heavy atom. The highest BCUT2D eigenvalue weighted by Gasteiger charge is 2.13. The van der Waals surface area contributed by atoms with Gasteiger partial charge in [0, 0.05) is 44.0 Å². The Balaban J connectivity index is 1.97. The minimum absolute atomic E-state index is 0.311. The summed E-state index contributed by atoms with van der Waals surface area (Å²) in [7, 11) is 3.75. The van der Waals surface area contributed by atoms with Gasteiger partial charge in [-0.25, -0.2) is 4.98 Å². The van der Waals surface area contributed by atoms with E-state index in [1.165, 1.54) is 5.56 Å². The smallest absolute Gasteiger partial charge is 0.123 e. The second-order valence-electron chi connectivity index (χ2n) is 4.86. The summed E-state index contributed by atoms with van der Waals surface area (Å²) in [6.45, 7) is 3.09. The van der Waals surface area contributed by atoms with Crippen LogP contribution in [0.25, 0.3) is 0 Å². The molecule has 4 heteroatoms. The molecule has 1 aromatic carbocycles. The van der Waals surface area contributed by atoms with Crippen LogP contribution in [0.15, 0.2) is 36.7 Å². The summed E-state index contributed by atoms with van der Waals surface area (Å²) in [6.07, 6.45) is 5.77. The lowest BCUT2D eigenvalue weighted by Crippen LogP contribution is -2.24. The quantitative estimate of drug-likeness (QED) is 0.843. The number of methoxy groups -OCH3 is 1. The molecule has 0 aliphatic rings. The third kappa shape index (κ3) is 3.39. The highest BCUT2D eigenvalue weighted by Crippen LogP contribution is 2.26. The molecule has 1 aromatic heterocycles. The zero-order chi connectivity index (χ0) is 14.4. The first-order chi connectivity index (χ1) is 9.76. The average molecular weight is 273 g/mol. The minimum atomic E-state index is 0.311. The van der Waals surface area contributed by atoms with Crippen molar-refractivity contribution in [3.8, 4) is 5.75 Å².